The molecule has 1 aromatic rings. The second kappa shape index (κ2) is 7.08. The molecule has 0 unspecified atom stereocenters. The Labute approximate surface area is 134 Å². The average molecular weight is 328 g/mol. The number of hydrogen-bond donors (Lipinski definition) is 0. The second-order valence-electron chi connectivity index (χ2n) is 6.68. The summed E-state index contributed by atoms with van der Waals surface area (Å²) in [5.74, 6) is 1.50. The highest BCUT2D eigenvalue weighted by molar-refractivity contribution is 7.89. The quantitative estimate of drug-likeness (QED) is 0.804. The van der Waals surface area contributed by atoms with E-state index < -0.39 is 10.0 Å². The van der Waals surface area contributed by atoms with E-state index in [4.69, 9.17) is 0 Å². The first-order valence-corrected chi connectivity index (χ1v) is 9.83. The normalized spacial score (nSPS) is 22.1. The smallest absolute Gasteiger partial charge is 0.214 e. The summed E-state index contributed by atoms with van der Waals surface area (Å²) in [6.45, 7) is 9.37. The van der Waals surface area contributed by atoms with Gasteiger partial charge >= 0.3 is 0 Å². The lowest BCUT2D eigenvalue weighted by Gasteiger charge is -2.32. The van der Waals surface area contributed by atoms with E-state index in [-0.39, 0.29) is 23.6 Å². The van der Waals surface area contributed by atoms with Gasteiger partial charge in [0.15, 0.2) is 0 Å². The second-order valence-corrected chi connectivity index (χ2v) is 8.69. The Morgan fingerprint density at radius 3 is 2.73 bits per heavy atom. The molecule has 2 heterocycles. The number of nitrogens with zero attached hydrogens (tertiary/aromatic N) is 4. The predicted molar refractivity (Wildman–Crippen MR) is 87.2 cm³/mol. The van der Waals surface area contributed by atoms with Crippen molar-refractivity contribution in [1.82, 2.24) is 19.1 Å². The third kappa shape index (κ3) is 3.87. The van der Waals surface area contributed by atoms with Crippen LogP contribution in [-0.4, -0.2) is 46.3 Å². The van der Waals surface area contributed by atoms with Gasteiger partial charge in [0.1, 0.15) is 12.2 Å². The summed E-state index contributed by atoms with van der Waals surface area (Å²) in [5.41, 5.74) is 0. The predicted octanol–water partition coefficient (Wildman–Crippen LogP) is 2.41. The molecule has 126 valence electrons. The van der Waals surface area contributed by atoms with Gasteiger partial charge < -0.3 is 4.57 Å². The van der Waals surface area contributed by atoms with Crippen LogP contribution >= 0.6 is 0 Å². The number of piperidine rings is 1. The number of sulfonamides is 1. The Morgan fingerprint density at radius 2 is 2.09 bits per heavy atom. The van der Waals surface area contributed by atoms with E-state index in [1.54, 1.807) is 10.6 Å². The third-order valence-corrected chi connectivity index (χ3v) is 6.60. The first kappa shape index (κ1) is 17.4. The SMILES string of the molecule is CC[C@@H](C)CS(=O)(=O)N1CCC[C@@H](c2nncn2C(C)C)C1. The van der Waals surface area contributed by atoms with Crippen molar-refractivity contribution in [2.24, 2.45) is 5.92 Å². The van der Waals surface area contributed by atoms with Crippen LogP contribution in [-0.2, 0) is 10.0 Å². The van der Waals surface area contributed by atoms with Crippen molar-refractivity contribution < 1.29 is 8.42 Å². The fourth-order valence-electron chi connectivity index (χ4n) is 2.93. The van der Waals surface area contributed by atoms with E-state index in [0.29, 0.717) is 13.1 Å². The van der Waals surface area contributed by atoms with Gasteiger partial charge in [0, 0.05) is 25.0 Å². The van der Waals surface area contributed by atoms with E-state index in [0.717, 1.165) is 25.1 Å². The minimum atomic E-state index is -3.18. The molecule has 0 spiro atoms. The Hall–Kier alpha value is -0.950. The van der Waals surface area contributed by atoms with Crippen molar-refractivity contribution >= 4 is 10.0 Å². The summed E-state index contributed by atoms with van der Waals surface area (Å²) in [5, 5.41) is 8.26. The summed E-state index contributed by atoms with van der Waals surface area (Å²) < 4.78 is 28.9. The van der Waals surface area contributed by atoms with Gasteiger partial charge in [0.25, 0.3) is 0 Å². The van der Waals surface area contributed by atoms with Gasteiger partial charge in [-0.2, -0.15) is 0 Å². The standard InChI is InChI=1S/C15H28N4O2S/c1-5-13(4)10-22(20,21)18-8-6-7-14(9-18)15-17-16-11-19(15)12(2)3/h11-14H,5-10H2,1-4H3/t13-,14-/m1/s1. The molecule has 0 amide bonds. The molecule has 22 heavy (non-hydrogen) atoms. The van der Waals surface area contributed by atoms with Crippen LogP contribution in [0.1, 0.15) is 64.7 Å². The molecule has 0 aliphatic carbocycles. The lowest BCUT2D eigenvalue weighted by molar-refractivity contribution is 0.300. The van der Waals surface area contributed by atoms with Crippen LogP contribution in [0, 0.1) is 5.92 Å². The van der Waals surface area contributed by atoms with Crippen LogP contribution in [0.15, 0.2) is 6.33 Å². The molecule has 1 aromatic heterocycles. The Morgan fingerprint density at radius 1 is 1.36 bits per heavy atom. The first-order chi connectivity index (χ1) is 10.3. The highest BCUT2D eigenvalue weighted by atomic mass is 32.2. The Bertz CT molecular complexity index is 582. The van der Waals surface area contributed by atoms with Crippen molar-refractivity contribution in [3.8, 4) is 0 Å². The van der Waals surface area contributed by atoms with Crippen LogP contribution in [0.2, 0.25) is 0 Å². The van der Waals surface area contributed by atoms with Crippen LogP contribution in [0.4, 0.5) is 0 Å². The third-order valence-electron chi connectivity index (χ3n) is 4.49. The molecular formula is C15H28N4O2S. The molecule has 0 bridgehead atoms. The molecule has 7 heteroatoms. The molecule has 2 atom stereocenters. The fourth-order valence-corrected chi connectivity index (χ4v) is 4.91. The van der Waals surface area contributed by atoms with Crippen LogP contribution in [0.25, 0.3) is 0 Å². The number of rotatable bonds is 6. The van der Waals surface area contributed by atoms with Gasteiger partial charge in [-0.3, -0.25) is 0 Å². The van der Waals surface area contributed by atoms with Crippen molar-refractivity contribution in [2.45, 2.75) is 58.9 Å². The van der Waals surface area contributed by atoms with Gasteiger partial charge in [0.2, 0.25) is 10.0 Å². The van der Waals surface area contributed by atoms with Crippen molar-refractivity contribution in [1.29, 1.82) is 0 Å². The van der Waals surface area contributed by atoms with Gasteiger partial charge in [-0.1, -0.05) is 20.3 Å². The summed E-state index contributed by atoms with van der Waals surface area (Å²) in [7, 11) is -3.18. The first-order valence-electron chi connectivity index (χ1n) is 8.22. The van der Waals surface area contributed by atoms with E-state index in [1.807, 2.05) is 13.8 Å². The molecular weight excluding hydrogens is 300 g/mol. The zero-order valence-corrected chi connectivity index (χ0v) is 14.9. The van der Waals surface area contributed by atoms with Crippen molar-refractivity contribution in [3.63, 3.8) is 0 Å². The zero-order chi connectivity index (χ0) is 16.3. The fraction of sp³-hybridized carbons (Fsp3) is 0.867. The molecule has 6 nitrogen and oxygen atoms in total. The van der Waals surface area contributed by atoms with Gasteiger partial charge in [0.05, 0.1) is 5.75 Å². The zero-order valence-electron chi connectivity index (χ0n) is 14.1. The molecule has 1 saturated heterocycles. The van der Waals surface area contributed by atoms with E-state index in [1.165, 1.54) is 0 Å². The van der Waals surface area contributed by atoms with Crippen molar-refractivity contribution in [3.05, 3.63) is 12.2 Å². The lowest BCUT2D eigenvalue weighted by Crippen LogP contribution is -2.41. The van der Waals surface area contributed by atoms with Gasteiger partial charge in [-0.15, -0.1) is 10.2 Å². The molecule has 0 aromatic carbocycles. The van der Waals surface area contributed by atoms with Crippen LogP contribution in [0.5, 0.6) is 0 Å². The summed E-state index contributed by atoms with van der Waals surface area (Å²) in [4.78, 5) is 0. The monoisotopic (exact) mass is 328 g/mol. The average Bonchev–Trinajstić information content (AvgIpc) is 2.96. The molecule has 0 radical (unpaired) electrons. The lowest BCUT2D eigenvalue weighted by atomic mass is 9.98. The highest BCUT2D eigenvalue weighted by Crippen LogP contribution is 2.29. The molecule has 0 saturated carbocycles. The Balaban J connectivity index is 2.13. The van der Waals surface area contributed by atoms with Crippen molar-refractivity contribution in [2.75, 3.05) is 18.8 Å². The van der Waals surface area contributed by atoms with Gasteiger partial charge in [-0.25, -0.2) is 12.7 Å². The van der Waals surface area contributed by atoms with E-state index >= 15 is 0 Å². The van der Waals surface area contributed by atoms with Gasteiger partial charge in [-0.05, 0) is 32.6 Å². The molecule has 1 fully saturated rings. The number of aromatic nitrogens is 3. The summed E-state index contributed by atoms with van der Waals surface area (Å²) in [6, 6.07) is 0.289. The summed E-state index contributed by atoms with van der Waals surface area (Å²) in [6.07, 6.45) is 4.49. The highest BCUT2D eigenvalue weighted by Gasteiger charge is 2.32. The van der Waals surface area contributed by atoms with Crippen LogP contribution < -0.4 is 0 Å². The van der Waals surface area contributed by atoms with Crippen LogP contribution in [0.3, 0.4) is 0 Å². The minimum Gasteiger partial charge on any atom is -0.315 e. The largest absolute Gasteiger partial charge is 0.315 e. The maximum atomic E-state index is 12.6. The minimum absolute atomic E-state index is 0.144. The molecule has 1 aliphatic heterocycles. The molecule has 0 N–H and O–H groups in total. The number of hydrogen-bond acceptors (Lipinski definition) is 4. The van der Waals surface area contributed by atoms with E-state index in [2.05, 4.69) is 28.6 Å². The molecule has 1 aliphatic rings. The topological polar surface area (TPSA) is 68.1 Å². The maximum absolute atomic E-state index is 12.6. The maximum Gasteiger partial charge on any atom is 0.214 e. The van der Waals surface area contributed by atoms with E-state index in [9.17, 15) is 8.42 Å². The molecule has 2 rings (SSSR count). The summed E-state index contributed by atoms with van der Waals surface area (Å²) >= 11 is 0. The Kier molecular flexibility index (Phi) is 5.60.